The predicted molar refractivity (Wildman–Crippen MR) is 94.0 cm³/mol. The van der Waals surface area contributed by atoms with Crippen LogP contribution in [-0.4, -0.2) is 11.1 Å². The van der Waals surface area contributed by atoms with Crippen LogP contribution in [0.1, 0.15) is 25.1 Å². The summed E-state index contributed by atoms with van der Waals surface area (Å²) in [7, 11) is 0. The highest BCUT2D eigenvalue weighted by Gasteiger charge is 2.09. The SMILES string of the molecule is CC(C)CNCc1cc2ccccc2n1Cc1ccccc1. The Morgan fingerprint density at radius 3 is 2.45 bits per heavy atom. The van der Waals surface area contributed by atoms with Gasteiger partial charge in [-0.05, 0) is 35.5 Å². The topological polar surface area (TPSA) is 17.0 Å². The number of rotatable bonds is 6. The summed E-state index contributed by atoms with van der Waals surface area (Å²) in [6.45, 7) is 7.37. The number of hydrogen-bond acceptors (Lipinski definition) is 1. The molecule has 0 unspecified atom stereocenters. The maximum atomic E-state index is 3.57. The predicted octanol–water partition coefficient (Wildman–Crippen LogP) is 4.44. The van der Waals surface area contributed by atoms with E-state index in [0.29, 0.717) is 5.92 Å². The van der Waals surface area contributed by atoms with Crippen LogP contribution in [0.2, 0.25) is 0 Å². The first-order valence-electron chi connectivity index (χ1n) is 8.06. The van der Waals surface area contributed by atoms with Crippen molar-refractivity contribution in [2.24, 2.45) is 5.92 Å². The summed E-state index contributed by atoms with van der Waals surface area (Å²) in [5.74, 6) is 0.673. The zero-order chi connectivity index (χ0) is 15.4. The quantitative estimate of drug-likeness (QED) is 0.711. The summed E-state index contributed by atoms with van der Waals surface area (Å²) in [4.78, 5) is 0. The van der Waals surface area contributed by atoms with Gasteiger partial charge in [0.2, 0.25) is 0 Å². The number of benzene rings is 2. The van der Waals surface area contributed by atoms with E-state index in [9.17, 15) is 0 Å². The standard InChI is InChI=1S/C20H24N2/c1-16(2)13-21-14-19-12-18-10-6-7-11-20(18)22(19)15-17-8-4-3-5-9-17/h3-12,16,21H,13-15H2,1-2H3. The number of nitrogens with zero attached hydrogens (tertiary/aromatic N) is 1. The first-order valence-corrected chi connectivity index (χ1v) is 8.06. The van der Waals surface area contributed by atoms with E-state index in [0.717, 1.165) is 19.6 Å². The maximum absolute atomic E-state index is 3.57. The second kappa shape index (κ2) is 6.80. The van der Waals surface area contributed by atoms with Crippen LogP contribution in [0.25, 0.3) is 10.9 Å². The normalized spacial score (nSPS) is 11.4. The Morgan fingerprint density at radius 1 is 0.955 bits per heavy atom. The van der Waals surface area contributed by atoms with Gasteiger partial charge in [0.1, 0.15) is 0 Å². The Hall–Kier alpha value is -2.06. The summed E-state index contributed by atoms with van der Waals surface area (Å²) < 4.78 is 2.43. The Balaban J connectivity index is 1.91. The number of hydrogen-bond donors (Lipinski definition) is 1. The van der Waals surface area contributed by atoms with Crippen molar-refractivity contribution in [2.75, 3.05) is 6.54 Å². The second-order valence-electron chi connectivity index (χ2n) is 6.29. The number of para-hydroxylation sites is 1. The van der Waals surface area contributed by atoms with E-state index in [2.05, 4.69) is 84.4 Å². The highest BCUT2D eigenvalue weighted by molar-refractivity contribution is 5.81. The first-order chi connectivity index (χ1) is 10.7. The Labute approximate surface area is 132 Å². The molecule has 2 aromatic carbocycles. The molecule has 0 aliphatic carbocycles. The van der Waals surface area contributed by atoms with Gasteiger partial charge in [-0.25, -0.2) is 0 Å². The van der Waals surface area contributed by atoms with Gasteiger partial charge in [0, 0.05) is 24.3 Å². The lowest BCUT2D eigenvalue weighted by atomic mass is 10.2. The molecule has 0 fully saturated rings. The maximum Gasteiger partial charge on any atom is 0.0486 e. The molecule has 0 saturated carbocycles. The minimum atomic E-state index is 0.673. The molecule has 0 aliphatic heterocycles. The molecule has 0 atom stereocenters. The van der Waals surface area contributed by atoms with Crippen molar-refractivity contribution in [3.05, 3.63) is 71.9 Å². The van der Waals surface area contributed by atoms with Crippen molar-refractivity contribution in [1.82, 2.24) is 9.88 Å². The summed E-state index contributed by atoms with van der Waals surface area (Å²) in [6.07, 6.45) is 0. The highest BCUT2D eigenvalue weighted by atomic mass is 15.0. The summed E-state index contributed by atoms with van der Waals surface area (Å²) in [6, 6.07) is 21.6. The third kappa shape index (κ3) is 3.40. The molecule has 1 heterocycles. The van der Waals surface area contributed by atoms with Gasteiger partial charge in [-0.2, -0.15) is 0 Å². The number of nitrogens with one attached hydrogen (secondary N) is 1. The molecule has 2 heteroatoms. The average Bonchev–Trinajstić information content (AvgIpc) is 2.86. The van der Waals surface area contributed by atoms with Gasteiger partial charge in [-0.15, -0.1) is 0 Å². The lowest BCUT2D eigenvalue weighted by molar-refractivity contribution is 0.540. The summed E-state index contributed by atoms with van der Waals surface area (Å²) in [5.41, 5.74) is 4.01. The Morgan fingerprint density at radius 2 is 1.68 bits per heavy atom. The lowest BCUT2D eigenvalue weighted by Crippen LogP contribution is -2.21. The van der Waals surface area contributed by atoms with Gasteiger partial charge in [0.15, 0.2) is 0 Å². The van der Waals surface area contributed by atoms with Crippen LogP contribution in [-0.2, 0) is 13.1 Å². The van der Waals surface area contributed by atoms with Crippen molar-refractivity contribution in [3.63, 3.8) is 0 Å². The van der Waals surface area contributed by atoms with E-state index in [4.69, 9.17) is 0 Å². The molecule has 2 nitrogen and oxygen atoms in total. The lowest BCUT2D eigenvalue weighted by Gasteiger charge is -2.13. The van der Waals surface area contributed by atoms with E-state index >= 15 is 0 Å². The van der Waals surface area contributed by atoms with Crippen LogP contribution in [0.5, 0.6) is 0 Å². The zero-order valence-corrected chi connectivity index (χ0v) is 13.4. The van der Waals surface area contributed by atoms with Crippen LogP contribution in [0.3, 0.4) is 0 Å². The van der Waals surface area contributed by atoms with E-state index in [1.165, 1.54) is 22.2 Å². The molecule has 0 spiro atoms. The molecule has 0 radical (unpaired) electrons. The van der Waals surface area contributed by atoms with Gasteiger partial charge < -0.3 is 9.88 Å². The van der Waals surface area contributed by atoms with Crippen LogP contribution in [0, 0.1) is 5.92 Å². The minimum Gasteiger partial charge on any atom is -0.339 e. The van der Waals surface area contributed by atoms with Crippen molar-refractivity contribution in [3.8, 4) is 0 Å². The van der Waals surface area contributed by atoms with Crippen LogP contribution >= 0.6 is 0 Å². The Bertz CT molecular complexity index is 726. The highest BCUT2D eigenvalue weighted by Crippen LogP contribution is 2.21. The fourth-order valence-electron chi connectivity index (χ4n) is 2.86. The van der Waals surface area contributed by atoms with Gasteiger partial charge in [0.25, 0.3) is 0 Å². The molecule has 3 aromatic rings. The van der Waals surface area contributed by atoms with Crippen molar-refractivity contribution >= 4 is 10.9 Å². The van der Waals surface area contributed by atoms with Gasteiger partial charge in [-0.3, -0.25) is 0 Å². The van der Waals surface area contributed by atoms with Gasteiger partial charge >= 0.3 is 0 Å². The molecule has 114 valence electrons. The smallest absolute Gasteiger partial charge is 0.0486 e. The van der Waals surface area contributed by atoms with E-state index in [1.807, 2.05) is 0 Å². The third-order valence-corrected chi connectivity index (χ3v) is 3.94. The van der Waals surface area contributed by atoms with Gasteiger partial charge in [-0.1, -0.05) is 62.4 Å². The number of aromatic nitrogens is 1. The summed E-state index contributed by atoms with van der Waals surface area (Å²) in [5, 5.41) is 4.89. The largest absolute Gasteiger partial charge is 0.339 e. The van der Waals surface area contributed by atoms with Gasteiger partial charge in [0.05, 0.1) is 0 Å². The molecule has 0 amide bonds. The van der Waals surface area contributed by atoms with E-state index in [-0.39, 0.29) is 0 Å². The molecule has 1 N–H and O–H groups in total. The van der Waals surface area contributed by atoms with Crippen molar-refractivity contribution in [1.29, 1.82) is 0 Å². The summed E-state index contributed by atoms with van der Waals surface area (Å²) >= 11 is 0. The minimum absolute atomic E-state index is 0.673. The number of fused-ring (bicyclic) bond motifs is 1. The first kappa shape index (κ1) is 14.9. The zero-order valence-electron chi connectivity index (χ0n) is 13.4. The van der Waals surface area contributed by atoms with E-state index in [1.54, 1.807) is 0 Å². The molecule has 0 aliphatic rings. The van der Waals surface area contributed by atoms with E-state index < -0.39 is 0 Å². The fraction of sp³-hybridized carbons (Fsp3) is 0.300. The van der Waals surface area contributed by atoms with Crippen molar-refractivity contribution in [2.45, 2.75) is 26.9 Å². The van der Waals surface area contributed by atoms with Crippen LogP contribution < -0.4 is 5.32 Å². The second-order valence-corrected chi connectivity index (χ2v) is 6.29. The molecular formula is C20H24N2. The molecule has 22 heavy (non-hydrogen) atoms. The Kier molecular flexibility index (Phi) is 4.59. The molecule has 0 saturated heterocycles. The third-order valence-electron chi connectivity index (χ3n) is 3.94. The monoisotopic (exact) mass is 292 g/mol. The molecular weight excluding hydrogens is 268 g/mol. The van der Waals surface area contributed by atoms with Crippen molar-refractivity contribution < 1.29 is 0 Å². The molecule has 3 rings (SSSR count). The average molecular weight is 292 g/mol. The van der Waals surface area contributed by atoms with Crippen LogP contribution in [0.15, 0.2) is 60.7 Å². The molecule has 0 bridgehead atoms. The van der Waals surface area contributed by atoms with Crippen LogP contribution in [0.4, 0.5) is 0 Å². The molecule has 1 aromatic heterocycles. The fourth-order valence-corrected chi connectivity index (χ4v) is 2.86.